The van der Waals surface area contributed by atoms with Gasteiger partial charge in [0, 0.05) is 26.3 Å². The quantitative estimate of drug-likeness (QED) is 0.745. The van der Waals surface area contributed by atoms with Crippen LogP contribution in [0.1, 0.15) is 32.9 Å². The molecule has 2 atom stereocenters. The van der Waals surface area contributed by atoms with E-state index in [4.69, 9.17) is 10.2 Å². The van der Waals surface area contributed by atoms with Crippen molar-refractivity contribution in [1.29, 1.82) is 0 Å². The molecule has 2 unspecified atom stereocenters. The minimum atomic E-state index is -0.375. The van der Waals surface area contributed by atoms with Crippen molar-refractivity contribution in [3.63, 3.8) is 0 Å². The molecule has 0 aliphatic rings. The predicted molar refractivity (Wildman–Crippen MR) is 65.6 cm³/mol. The van der Waals surface area contributed by atoms with Gasteiger partial charge in [-0.25, -0.2) is 6.08 Å². The van der Waals surface area contributed by atoms with Gasteiger partial charge >= 0.3 is 0 Å². The van der Waals surface area contributed by atoms with Crippen molar-refractivity contribution in [3.8, 4) is 0 Å². The zero-order valence-corrected chi connectivity index (χ0v) is 12.8. The first kappa shape index (κ1) is 18.8. The molecule has 3 nitrogen and oxygen atoms in total. The molecule has 4 heteroatoms. The van der Waals surface area contributed by atoms with Crippen molar-refractivity contribution in [1.82, 2.24) is 4.98 Å². The van der Waals surface area contributed by atoms with Gasteiger partial charge in [-0.3, -0.25) is 6.08 Å². The summed E-state index contributed by atoms with van der Waals surface area (Å²) in [4.78, 5) is 4.05. The normalized spacial score (nSPS) is 13.2. The van der Waals surface area contributed by atoms with Crippen LogP contribution in [-0.2, 0) is 20.1 Å². The molecule has 0 aromatic carbocycles. The number of rotatable bonds is 3. The fourth-order valence-corrected chi connectivity index (χ4v) is 1.10. The van der Waals surface area contributed by atoms with Crippen molar-refractivity contribution in [3.05, 3.63) is 36.2 Å². The number of hydrogen-bond donors (Lipinski definition) is 2. The van der Waals surface area contributed by atoms with Crippen LogP contribution in [0.5, 0.6) is 0 Å². The van der Waals surface area contributed by atoms with Crippen LogP contribution in [0.15, 0.2) is 24.4 Å². The van der Waals surface area contributed by atoms with Crippen LogP contribution in [0.2, 0.25) is 0 Å². The van der Waals surface area contributed by atoms with E-state index in [0.717, 1.165) is 5.69 Å². The minimum Gasteiger partial charge on any atom is -0.393 e. The third-order valence-corrected chi connectivity index (χ3v) is 1.66. The van der Waals surface area contributed by atoms with Gasteiger partial charge in [-0.2, -0.15) is 0 Å². The van der Waals surface area contributed by atoms with Crippen molar-refractivity contribution in [2.24, 2.45) is 0 Å². The molecular weight excluding hydrogens is 394 g/mol. The molecule has 0 fully saturated rings. The Morgan fingerprint density at radius 1 is 1.29 bits per heavy atom. The Hall–Kier alpha value is -0.541. The fraction of sp³-hybridized carbons (Fsp3) is 0.462. The summed E-state index contributed by atoms with van der Waals surface area (Å²) < 4.78 is 0. The molecule has 1 radical (unpaired) electrons. The molecule has 0 aliphatic carbocycles. The van der Waals surface area contributed by atoms with Crippen LogP contribution in [0, 0.1) is 6.08 Å². The molecule has 17 heavy (non-hydrogen) atoms. The second kappa shape index (κ2) is 11.9. The summed E-state index contributed by atoms with van der Waals surface area (Å²) in [7, 11) is 0. The maximum Gasteiger partial charge on any atom is 0.0536 e. The van der Waals surface area contributed by atoms with E-state index >= 15 is 0 Å². The third kappa shape index (κ3) is 13.4. The van der Waals surface area contributed by atoms with Crippen molar-refractivity contribution >= 4 is 6.08 Å². The SMILES string of the molecule is CC(O)CC(C)O.C[C-]=Cc1ccccn1.[Ir]. The number of pyridine rings is 1. The van der Waals surface area contributed by atoms with Crippen LogP contribution in [0.3, 0.4) is 0 Å². The van der Waals surface area contributed by atoms with Gasteiger partial charge < -0.3 is 15.2 Å². The Morgan fingerprint density at radius 2 is 1.88 bits per heavy atom. The summed E-state index contributed by atoms with van der Waals surface area (Å²) in [5.41, 5.74) is 0.958. The van der Waals surface area contributed by atoms with Crippen LogP contribution in [0.25, 0.3) is 6.08 Å². The molecule has 0 spiro atoms. The largest absolute Gasteiger partial charge is 0.393 e. The molecule has 99 valence electrons. The molecule has 0 saturated carbocycles. The van der Waals surface area contributed by atoms with E-state index in [1.54, 1.807) is 20.0 Å². The van der Waals surface area contributed by atoms with Gasteiger partial charge in [0.25, 0.3) is 0 Å². The van der Waals surface area contributed by atoms with Crippen molar-refractivity contribution in [2.75, 3.05) is 0 Å². The van der Waals surface area contributed by atoms with Crippen molar-refractivity contribution < 1.29 is 30.3 Å². The maximum atomic E-state index is 8.56. The first-order valence-corrected chi connectivity index (χ1v) is 5.34. The van der Waals surface area contributed by atoms with Crippen LogP contribution < -0.4 is 0 Å². The van der Waals surface area contributed by atoms with E-state index in [2.05, 4.69) is 11.1 Å². The number of hydrogen-bond acceptors (Lipinski definition) is 3. The fourth-order valence-electron chi connectivity index (χ4n) is 1.10. The molecule has 1 heterocycles. The number of aliphatic hydroxyl groups is 2. The molecule has 0 aliphatic heterocycles. The smallest absolute Gasteiger partial charge is 0.0536 e. The zero-order chi connectivity index (χ0) is 12.4. The summed E-state index contributed by atoms with van der Waals surface area (Å²) >= 11 is 0. The number of nitrogens with zero attached hydrogens (tertiary/aromatic N) is 1. The average Bonchev–Trinajstić information content (AvgIpc) is 2.18. The van der Waals surface area contributed by atoms with Gasteiger partial charge in [-0.1, -0.05) is 11.8 Å². The molecule has 1 aromatic heterocycles. The Kier molecular flexibility index (Phi) is 13.2. The summed E-state index contributed by atoms with van der Waals surface area (Å²) in [5.74, 6) is 0. The van der Waals surface area contributed by atoms with Gasteiger partial charge in [-0.05, 0) is 26.3 Å². The molecule has 0 saturated heterocycles. The first-order chi connectivity index (χ1) is 7.56. The standard InChI is InChI=1S/C8H8N.C5H12O2.Ir/c1-2-5-8-6-3-4-7-9-8;1-4(6)3-5(2)7;/h3-7H,1H3;4-7H,3H2,1-2H3;/q-1;;. The Bertz CT molecular complexity index is 281. The van der Waals surface area contributed by atoms with Gasteiger partial charge in [-0.15, -0.1) is 13.0 Å². The summed E-state index contributed by atoms with van der Waals surface area (Å²) in [6, 6.07) is 5.79. The number of allylic oxidation sites excluding steroid dienone is 1. The van der Waals surface area contributed by atoms with Crippen LogP contribution in [0.4, 0.5) is 0 Å². The van der Waals surface area contributed by atoms with E-state index in [1.807, 2.05) is 31.2 Å². The average molecular weight is 415 g/mol. The molecule has 0 amide bonds. The Balaban J connectivity index is 0. The number of aromatic nitrogens is 1. The van der Waals surface area contributed by atoms with Gasteiger partial charge in [0.15, 0.2) is 0 Å². The molecule has 1 rings (SSSR count). The van der Waals surface area contributed by atoms with Crippen LogP contribution >= 0.6 is 0 Å². The van der Waals surface area contributed by atoms with E-state index in [1.165, 1.54) is 0 Å². The van der Waals surface area contributed by atoms with E-state index in [0.29, 0.717) is 6.42 Å². The number of aliphatic hydroxyl groups excluding tert-OH is 2. The summed E-state index contributed by atoms with van der Waals surface area (Å²) in [6.07, 6.45) is 6.23. The predicted octanol–water partition coefficient (Wildman–Crippen LogP) is 2.05. The monoisotopic (exact) mass is 415 g/mol. The molecule has 1 aromatic rings. The summed E-state index contributed by atoms with van der Waals surface area (Å²) in [6.45, 7) is 5.17. The van der Waals surface area contributed by atoms with Gasteiger partial charge in [0.05, 0.1) is 12.2 Å². The second-order valence-electron chi connectivity index (χ2n) is 3.62. The van der Waals surface area contributed by atoms with Gasteiger partial charge in [0.1, 0.15) is 0 Å². The maximum absolute atomic E-state index is 8.56. The molecular formula is C13H20IrNO2-. The van der Waals surface area contributed by atoms with Crippen LogP contribution in [-0.4, -0.2) is 27.4 Å². The molecule has 0 bridgehead atoms. The van der Waals surface area contributed by atoms with E-state index < -0.39 is 0 Å². The van der Waals surface area contributed by atoms with Crippen molar-refractivity contribution in [2.45, 2.75) is 39.4 Å². The summed E-state index contributed by atoms with van der Waals surface area (Å²) in [5, 5.41) is 17.1. The first-order valence-electron chi connectivity index (χ1n) is 5.34. The molecule has 2 N–H and O–H groups in total. The van der Waals surface area contributed by atoms with E-state index in [-0.39, 0.29) is 32.3 Å². The zero-order valence-electron chi connectivity index (χ0n) is 10.4. The topological polar surface area (TPSA) is 53.4 Å². The third-order valence-electron chi connectivity index (χ3n) is 1.66. The second-order valence-corrected chi connectivity index (χ2v) is 3.62. The minimum absolute atomic E-state index is 0. The Morgan fingerprint density at radius 3 is 2.18 bits per heavy atom. The van der Waals surface area contributed by atoms with E-state index in [9.17, 15) is 0 Å². The Labute approximate surface area is 117 Å². The van der Waals surface area contributed by atoms with Gasteiger partial charge in [0.2, 0.25) is 0 Å².